The van der Waals surface area contributed by atoms with E-state index in [-0.39, 0.29) is 12.2 Å². The summed E-state index contributed by atoms with van der Waals surface area (Å²) in [6.07, 6.45) is 5.75. The lowest BCUT2D eigenvalue weighted by Gasteiger charge is -2.26. The highest BCUT2D eigenvalue weighted by atomic mass is 16.5. The lowest BCUT2D eigenvalue weighted by atomic mass is 10.1. The van der Waals surface area contributed by atoms with E-state index in [2.05, 4.69) is 4.90 Å². The number of benzene rings is 1. The predicted octanol–water partition coefficient (Wildman–Crippen LogP) is 2.39. The highest BCUT2D eigenvalue weighted by Gasteiger charge is 2.14. The molecule has 122 valence electrons. The van der Waals surface area contributed by atoms with Gasteiger partial charge in [0.1, 0.15) is 18.5 Å². The van der Waals surface area contributed by atoms with Crippen LogP contribution in [0, 0.1) is 0 Å². The molecule has 0 saturated carbocycles. The fourth-order valence-corrected chi connectivity index (χ4v) is 2.73. The van der Waals surface area contributed by atoms with Gasteiger partial charge in [-0.05, 0) is 50.2 Å². The Hall–Kier alpha value is -1.59. The lowest BCUT2D eigenvalue weighted by Crippen LogP contribution is -2.37. The van der Waals surface area contributed by atoms with Crippen LogP contribution in [0.25, 0.3) is 0 Å². The van der Waals surface area contributed by atoms with Crippen molar-refractivity contribution in [2.24, 2.45) is 0 Å². The van der Waals surface area contributed by atoms with E-state index in [0.29, 0.717) is 12.3 Å². The maximum absolute atomic E-state index is 10.8. The summed E-state index contributed by atoms with van der Waals surface area (Å²) in [4.78, 5) is 13.1. The molecule has 1 fully saturated rings. The number of aliphatic hydroxyl groups is 1. The molecule has 2 N–H and O–H groups in total. The van der Waals surface area contributed by atoms with Crippen LogP contribution in [-0.4, -0.2) is 53.4 Å². The third kappa shape index (κ3) is 5.66. The minimum atomic E-state index is -0.955. The molecule has 1 aliphatic heterocycles. The van der Waals surface area contributed by atoms with E-state index in [4.69, 9.17) is 9.84 Å². The Morgan fingerprint density at radius 3 is 2.27 bits per heavy atom. The van der Waals surface area contributed by atoms with E-state index >= 15 is 0 Å². The first-order chi connectivity index (χ1) is 10.6. The Balaban J connectivity index is 1.74. The second-order valence-electron chi connectivity index (χ2n) is 5.86. The third-order valence-electron chi connectivity index (χ3n) is 3.96. The van der Waals surface area contributed by atoms with Crippen LogP contribution < -0.4 is 4.74 Å². The first-order valence-corrected chi connectivity index (χ1v) is 8.02. The Bertz CT molecular complexity index is 452. The molecule has 1 aromatic carbocycles. The lowest BCUT2D eigenvalue weighted by molar-refractivity contribution is 0.0652. The number of carbonyl (C=O) groups is 1. The third-order valence-corrected chi connectivity index (χ3v) is 3.96. The molecule has 1 unspecified atom stereocenters. The van der Waals surface area contributed by atoms with Gasteiger partial charge in [0.2, 0.25) is 0 Å². The van der Waals surface area contributed by atoms with E-state index < -0.39 is 12.1 Å². The van der Waals surface area contributed by atoms with Gasteiger partial charge in [0.25, 0.3) is 0 Å². The van der Waals surface area contributed by atoms with Gasteiger partial charge in [-0.2, -0.15) is 0 Å². The number of rotatable bonds is 6. The molecule has 5 nitrogen and oxygen atoms in total. The normalized spacial score (nSPS) is 18.2. The van der Waals surface area contributed by atoms with Gasteiger partial charge in [0.05, 0.1) is 5.56 Å². The van der Waals surface area contributed by atoms with E-state index in [0.717, 1.165) is 13.1 Å². The van der Waals surface area contributed by atoms with Gasteiger partial charge in [-0.15, -0.1) is 0 Å². The van der Waals surface area contributed by atoms with Gasteiger partial charge in [-0.3, -0.25) is 0 Å². The average Bonchev–Trinajstić information content (AvgIpc) is 2.48. The zero-order valence-electron chi connectivity index (χ0n) is 12.9. The zero-order valence-corrected chi connectivity index (χ0v) is 12.9. The molecule has 2 rings (SSSR count). The molecular formula is C17H25NO4. The van der Waals surface area contributed by atoms with Gasteiger partial charge in [0, 0.05) is 6.54 Å². The fraction of sp³-hybridized carbons (Fsp3) is 0.588. The van der Waals surface area contributed by atoms with E-state index in [1.807, 2.05) is 0 Å². The zero-order chi connectivity index (χ0) is 15.8. The summed E-state index contributed by atoms with van der Waals surface area (Å²) >= 11 is 0. The number of carboxylic acids is 1. The number of carboxylic acid groups (broad SMARTS) is 1. The van der Waals surface area contributed by atoms with Crippen molar-refractivity contribution in [3.05, 3.63) is 29.8 Å². The molecule has 5 heteroatoms. The first kappa shape index (κ1) is 16.8. The molecular weight excluding hydrogens is 282 g/mol. The average molecular weight is 307 g/mol. The smallest absolute Gasteiger partial charge is 0.335 e. The summed E-state index contributed by atoms with van der Waals surface area (Å²) in [7, 11) is 0. The summed E-state index contributed by atoms with van der Waals surface area (Å²) in [5, 5.41) is 18.9. The molecule has 22 heavy (non-hydrogen) atoms. The van der Waals surface area contributed by atoms with Crippen LogP contribution in [0.1, 0.15) is 42.5 Å². The molecule has 0 amide bonds. The van der Waals surface area contributed by atoms with Crippen molar-refractivity contribution in [1.29, 1.82) is 0 Å². The van der Waals surface area contributed by atoms with Gasteiger partial charge >= 0.3 is 5.97 Å². The van der Waals surface area contributed by atoms with Gasteiger partial charge in [-0.1, -0.05) is 19.3 Å². The van der Waals surface area contributed by atoms with Crippen molar-refractivity contribution in [1.82, 2.24) is 4.90 Å². The number of likely N-dealkylation sites (tertiary alicyclic amines) is 1. The van der Waals surface area contributed by atoms with Gasteiger partial charge in [0.15, 0.2) is 0 Å². The van der Waals surface area contributed by atoms with Crippen molar-refractivity contribution in [3.8, 4) is 5.75 Å². The number of aromatic carboxylic acids is 1. The quantitative estimate of drug-likeness (QED) is 0.844. The standard InChI is InChI=1S/C17H25NO4/c19-15(12-18-10-4-2-1-3-5-11-18)13-22-16-8-6-14(7-9-16)17(20)21/h6-9,15,19H,1-5,10-13H2,(H,20,21). The van der Waals surface area contributed by atoms with Crippen LogP contribution in [0.5, 0.6) is 5.75 Å². The highest BCUT2D eigenvalue weighted by molar-refractivity contribution is 5.87. The summed E-state index contributed by atoms with van der Waals surface area (Å²) < 4.78 is 5.53. The van der Waals surface area contributed by atoms with Crippen LogP contribution in [0.15, 0.2) is 24.3 Å². The molecule has 0 aromatic heterocycles. The number of aliphatic hydroxyl groups excluding tert-OH is 1. The molecule has 1 aromatic rings. The molecule has 0 radical (unpaired) electrons. The topological polar surface area (TPSA) is 70.0 Å². The number of ether oxygens (including phenoxy) is 1. The van der Waals surface area contributed by atoms with Crippen LogP contribution in [-0.2, 0) is 0 Å². The summed E-state index contributed by atoms with van der Waals surface area (Å²) in [5.41, 5.74) is 0.230. The summed E-state index contributed by atoms with van der Waals surface area (Å²) in [6, 6.07) is 6.24. The monoisotopic (exact) mass is 307 g/mol. The second-order valence-corrected chi connectivity index (χ2v) is 5.86. The molecule has 0 bridgehead atoms. The van der Waals surface area contributed by atoms with E-state index in [1.54, 1.807) is 12.1 Å². The summed E-state index contributed by atoms with van der Waals surface area (Å²) in [5.74, 6) is -0.375. The van der Waals surface area contributed by atoms with E-state index in [1.165, 1.54) is 44.2 Å². The van der Waals surface area contributed by atoms with Crippen molar-refractivity contribution >= 4 is 5.97 Å². The van der Waals surface area contributed by atoms with Crippen molar-refractivity contribution in [2.75, 3.05) is 26.2 Å². The largest absolute Gasteiger partial charge is 0.491 e. The number of nitrogens with zero attached hydrogens (tertiary/aromatic N) is 1. The van der Waals surface area contributed by atoms with E-state index in [9.17, 15) is 9.90 Å². The predicted molar refractivity (Wildman–Crippen MR) is 84.4 cm³/mol. The minimum absolute atomic E-state index is 0.225. The fourth-order valence-electron chi connectivity index (χ4n) is 2.73. The van der Waals surface area contributed by atoms with Crippen LogP contribution >= 0.6 is 0 Å². The van der Waals surface area contributed by atoms with Crippen LogP contribution in [0.3, 0.4) is 0 Å². The Morgan fingerprint density at radius 1 is 1.09 bits per heavy atom. The van der Waals surface area contributed by atoms with Crippen LogP contribution in [0.2, 0.25) is 0 Å². The Kier molecular flexibility index (Phi) is 6.68. The number of hydrogen-bond acceptors (Lipinski definition) is 4. The maximum Gasteiger partial charge on any atom is 0.335 e. The number of hydrogen-bond donors (Lipinski definition) is 2. The number of β-amino-alcohol motifs (C(OH)–C–C–N with tert-alkyl or cyclic N) is 1. The highest BCUT2D eigenvalue weighted by Crippen LogP contribution is 2.14. The van der Waals surface area contributed by atoms with Crippen molar-refractivity contribution < 1.29 is 19.7 Å². The molecule has 1 saturated heterocycles. The van der Waals surface area contributed by atoms with Gasteiger partial charge < -0.3 is 19.8 Å². The van der Waals surface area contributed by atoms with Crippen molar-refractivity contribution in [3.63, 3.8) is 0 Å². The molecule has 1 atom stereocenters. The molecule has 1 heterocycles. The van der Waals surface area contributed by atoms with Gasteiger partial charge in [-0.25, -0.2) is 4.79 Å². The van der Waals surface area contributed by atoms with Crippen molar-refractivity contribution in [2.45, 2.75) is 38.2 Å². The SMILES string of the molecule is O=C(O)c1ccc(OCC(O)CN2CCCCCCC2)cc1. The maximum atomic E-state index is 10.8. The Labute approximate surface area is 131 Å². The molecule has 0 aliphatic carbocycles. The second kappa shape index (κ2) is 8.76. The molecule has 0 spiro atoms. The molecule has 1 aliphatic rings. The first-order valence-electron chi connectivity index (χ1n) is 8.02. The Morgan fingerprint density at radius 2 is 1.68 bits per heavy atom. The minimum Gasteiger partial charge on any atom is -0.491 e. The van der Waals surface area contributed by atoms with Crippen LogP contribution in [0.4, 0.5) is 0 Å². The summed E-state index contributed by atoms with van der Waals surface area (Å²) in [6.45, 7) is 2.95.